The van der Waals surface area contributed by atoms with Crippen molar-refractivity contribution < 1.29 is 4.39 Å². The third-order valence-corrected chi connectivity index (χ3v) is 3.64. The zero-order valence-corrected chi connectivity index (χ0v) is 12.5. The average molecular weight is 282 g/mol. The lowest BCUT2D eigenvalue weighted by atomic mass is 9.86. The van der Waals surface area contributed by atoms with E-state index in [1.54, 1.807) is 12.1 Å². The van der Waals surface area contributed by atoms with Crippen molar-refractivity contribution in [2.75, 3.05) is 5.32 Å². The Kier molecular flexibility index (Phi) is 4.28. The van der Waals surface area contributed by atoms with Gasteiger partial charge in [0.15, 0.2) is 0 Å². The summed E-state index contributed by atoms with van der Waals surface area (Å²) >= 11 is 0. The predicted molar refractivity (Wildman–Crippen MR) is 83.5 cm³/mol. The summed E-state index contributed by atoms with van der Waals surface area (Å²) < 4.78 is 12.9. The summed E-state index contributed by atoms with van der Waals surface area (Å²) in [6, 6.07) is 16.7. The second-order valence-corrected chi connectivity index (χ2v) is 5.73. The monoisotopic (exact) mass is 282 g/mol. The molecule has 3 heteroatoms. The fourth-order valence-corrected chi connectivity index (χ4v) is 2.13. The van der Waals surface area contributed by atoms with Gasteiger partial charge in [0.2, 0.25) is 0 Å². The molecular formula is C18H19FN2. The van der Waals surface area contributed by atoms with Gasteiger partial charge in [0, 0.05) is 11.7 Å². The van der Waals surface area contributed by atoms with Gasteiger partial charge >= 0.3 is 0 Å². The van der Waals surface area contributed by atoms with Crippen LogP contribution < -0.4 is 5.32 Å². The van der Waals surface area contributed by atoms with Crippen LogP contribution >= 0.6 is 0 Å². The highest BCUT2D eigenvalue weighted by molar-refractivity contribution is 5.48. The smallest absolute Gasteiger partial charge is 0.123 e. The Morgan fingerprint density at radius 3 is 2.14 bits per heavy atom. The maximum Gasteiger partial charge on any atom is 0.123 e. The number of halogens is 1. The zero-order valence-electron chi connectivity index (χ0n) is 12.5. The van der Waals surface area contributed by atoms with Gasteiger partial charge in [-0.1, -0.05) is 24.3 Å². The largest absolute Gasteiger partial charge is 0.379 e. The number of hydrogen-bond acceptors (Lipinski definition) is 2. The van der Waals surface area contributed by atoms with Crippen LogP contribution in [-0.2, 0) is 5.41 Å². The number of hydrogen-bond donors (Lipinski definition) is 1. The Morgan fingerprint density at radius 2 is 1.62 bits per heavy atom. The van der Waals surface area contributed by atoms with Crippen molar-refractivity contribution in [2.24, 2.45) is 0 Å². The lowest BCUT2D eigenvalue weighted by Gasteiger charge is -2.19. The third kappa shape index (κ3) is 3.61. The minimum absolute atomic E-state index is 0.0837. The van der Waals surface area contributed by atoms with Crippen LogP contribution in [0.2, 0.25) is 0 Å². The summed E-state index contributed by atoms with van der Waals surface area (Å²) in [5.41, 5.74) is 2.51. The molecule has 0 heterocycles. The van der Waals surface area contributed by atoms with Crippen LogP contribution in [0.15, 0.2) is 48.5 Å². The second kappa shape index (κ2) is 5.97. The molecule has 0 radical (unpaired) electrons. The summed E-state index contributed by atoms with van der Waals surface area (Å²) in [5.74, 6) is -0.228. The highest BCUT2D eigenvalue weighted by Crippen LogP contribution is 2.25. The molecule has 0 amide bonds. The van der Waals surface area contributed by atoms with E-state index in [2.05, 4.69) is 11.4 Å². The molecule has 0 saturated carbocycles. The molecule has 108 valence electrons. The van der Waals surface area contributed by atoms with Gasteiger partial charge in [0.1, 0.15) is 5.82 Å². The van der Waals surface area contributed by atoms with Crippen molar-refractivity contribution in [3.05, 3.63) is 65.5 Å². The first kappa shape index (κ1) is 15.1. The first-order valence-corrected chi connectivity index (χ1v) is 6.96. The standard InChI is InChI=1S/C18H19FN2/c1-13(14-4-8-16(19)9-5-14)21-17-10-6-15(7-11-17)18(2,3)12-20/h4-11,13,21H,1-3H3. The van der Waals surface area contributed by atoms with Gasteiger partial charge in [-0.15, -0.1) is 0 Å². The van der Waals surface area contributed by atoms with E-state index in [0.29, 0.717) is 0 Å². The quantitative estimate of drug-likeness (QED) is 0.874. The average Bonchev–Trinajstić information content (AvgIpc) is 2.48. The Labute approximate surface area is 125 Å². The van der Waals surface area contributed by atoms with Crippen LogP contribution in [0, 0.1) is 17.1 Å². The molecule has 2 aromatic carbocycles. The van der Waals surface area contributed by atoms with Gasteiger partial charge in [-0.25, -0.2) is 4.39 Å². The summed E-state index contributed by atoms with van der Waals surface area (Å²) in [7, 11) is 0. The van der Waals surface area contributed by atoms with Gasteiger partial charge in [0.05, 0.1) is 11.5 Å². The fraction of sp³-hybridized carbons (Fsp3) is 0.278. The van der Waals surface area contributed by atoms with Crippen LogP contribution in [0.25, 0.3) is 0 Å². The zero-order chi connectivity index (χ0) is 15.5. The minimum atomic E-state index is -0.485. The van der Waals surface area contributed by atoms with Crippen molar-refractivity contribution in [3.8, 4) is 6.07 Å². The Bertz CT molecular complexity index is 636. The molecule has 21 heavy (non-hydrogen) atoms. The number of rotatable bonds is 4. The van der Waals surface area contributed by atoms with Gasteiger partial charge < -0.3 is 5.32 Å². The van der Waals surface area contributed by atoms with E-state index < -0.39 is 5.41 Å². The molecule has 0 spiro atoms. The van der Waals surface area contributed by atoms with Crippen molar-refractivity contribution >= 4 is 5.69 Å². The van der Waals surface area contributed by atoms with E-state index >= 15 is 0 Å². The SMILES string of the molecule is CC(Nc1ccc(C(C)(C)C#N)cc1)c1ccc(F)cc1. The topological polar surface area (TPSA) is 35.8 Å². The highest BCUT2D eigenvalue weighted by Gasteiger charge is 2.19. The molecule has 1 N–H and O–H groups in total. The highest BCUT2D eigenvalue weighted by atomic mass is 19.1. The first-order valence-electron chi connectivity index (χ1n) is 6.96. The van der Waals surface area contributed by atoms with Gasteiger partial charge in [-0.3, -0.25) is 0 Å². The fourth-order valence-electron chi connectivity index (χ4n) is 2.13. The van der Waals surface area contributed by atoms with E-state index in [1.165, 1.54) is 12.1 Å². The molecule has 2 nitrogen and oxygen atoms in total. The maximum atomic E-state index is 12.9. The van der Waals surface area contributed by atoms with Crippen molar-refractivity contribution in [2.45, 2.75) is 32.2 Å². The van der Waals surface area contributed by atoms with Crippen LogP contribution in [0.5, 0.6) is 0 Å². The van der Waals surface area contributed by atoms with Crippen LogP contribution in [0.4, 0.5) is 10.1 Å². The first-order chi connectivity index (χ1) is 9.92. The van der Waals surface area contributed by atoms with Crippen LogP contribution in [0.3, 0.4) is 0 Å². The third-order valence-electron chi connectivity index (χ3n) is 3.64. The van der Waals surface area contributed by atoms with Gasteiger partial charge in [-0.05, 0) is 56.2 Å². The number of nitrogens with one attached hydrogen (secondary N) is 1. The normalized spacial score (nSPS) is 12.5. The summed E-state index contributed by atoms with van der Waals surface area (Å²) in [6.45, 7) is 5.83. The Hall–Kier alpha value is -2.34. The Morgan fingerprint density at radius 1 is 1.05 bits per heavy atom. The molecule has 1 unspecified atom stereocenters. The molecule has 0 saturated heterocycles. The molecule has 0 aromatic heterocycles. The summed E-state index contributed by atoms with van der Waals surface area (Å²) in [4.78, 5) is 0. The molecule has 0 fully saturated rings. The van der Waals surface area contributed by atoms with Crippen molar-refractivity contribution in [1.82, 2.24) is 0 Å². The number of anilines is 1. The van der Waals surface area contributed by atoms with Crippen LogP contribution in [0.1, 0.15) is 37.9 Å². The molecule has 0 aliphatic heterocycles. The number of nitrogens with zero attached hydrogens (tertiary/aromatic N) is 1. The summed E-state index contributed by atoms with van der Waals surface area (Å²) in [5, 5.41) is 12.5. The summed E-state index contributed by atoms with van der Waals surface area (Å²) in [6.07, 6.45) is 0. The van der Waals surface area contributed by atoms with Gasteiger partial charge in [-0.2, -0.15) is 5.26 Å². The molecule has 2 rings (SSSR count). The number of benzene rings is 2. The molecule has 0 aliphatic rings. The van der Waals surface area contributed by atoms with E-state index in [1.807, 2.05) is 45.0 Å². The number of nitriles is 1. The van der Waals surface area contributed by atoms with Crippen molar-refractivity contribution in [1.29, 1.82) is 5.26 Å². The van der Waals surface area contributed by atoms with Crippen LogP contribution in [-0.4, -0.2) is 0 Å². The van der Waals surface area contributed by atoms with E-state index in [-0.39, 0.29) is 11.9 Å². The Balaban J connectivity index is 2.10. The van der Waals surface area contributed by atoms with E-state index in [9.17, 15) is 4.39 Å². The van der Waals surface area contributed by atoms with E-state index in [4.69, 9.17) is 5.26 Å². The lowest BCUT2D eigenvalue weighted by Crippen LogP contribution is -2.14. The van der Waals surface area contributed by atoms with Crippen molar-refractivity contribution in [3.63, 3.8) is 0 Å². The maximum absolute atomic E-state index is 12.9. The molecular weight excluding hydrogens is 263 g/mol. The second-order valence-electron chi connectivity index (χ2n) is 5.73. The molecule has 0 bridgehead atoms. The lowest BCUT2D eigenvalue weighted by molar-refractivity contribution is 0.626. The minimum Gasteiger partial charge on any atom is -0.379 e. The van der Waals surface area contributed by atoms with Gasteiger partial charge in [0.25, 0.3) is 0 Å². The molecule has 0 aliphatic carbocycles. The molecule has 2 aromatic rings. The predicted octanol–water partition coefficient (Wildman–Crippen LogP) is 4.80. The molecule has 1 atom stereocenters. The van der Waals surface area contributed by atoms with E-state index in [0.717, 1.165) is 16.8 Å².